The fourth-order valence-electron chi connectivity index (χ4n) is 3.08. The van der Waals surface area contributed by atoms with Crippen LogP contribution in [0.4, 0.5) is 5.95 Å². The van der Waals surface area contributed by atoms with Crippen LogP contribution in [0.15, 0.2) is 9.59 Å². The number of anilines is 1. The predicted octanol–water partition coefficient (Wildman–Crippen LogP) is -0.644. The van der Waals surface area contributed by atoms with Gasteiger partial charge in [0.1, 0.15) is 0 Å². The number of aromatic amines is 1. The summed E-state index contributed by atoms with van der Waals surface area (Å²) in [4.78, 5) is 34.0. The third kappa shape index (κ3) is 3.52. The average Bonchev–Trinajstić information content (AvgIpc) is 3.03. The van der Waals surface area contributed by atoms with Crippen molar-refractivity contribution in [3.8, 4) is 11.8 Å². The van der Waals surface area contributed by atoms with Gasteiger partial charge in [-0.2, -0.15) is 4.98 Å². The SMILES string of the molecule is CC#CCn1c(N2CCNCC2)nc2c1c(=O)[nH]c(=O)n2CCOCC. The molecule has 0 atom stereocenters. The smallest absolute Gasteiger partial charge is 0.330 e. The van der Waals surface area contributed by atoms with Gasteiger partial charge in [0.2, 0.25) is 5.95 Å². The van der Waals surface area contributed by atoms with Crippen LogP contribution in [0.1, 0.15) is 13.8 Å². The van der Waals surface area contributed by atoms with E-state index >= 15 is 0 Å². The zero-order valence-corrected chi connectivity index (χ0v) is 15.2. The van der Waals surface area contributed by atoms with Gasteiger partial charge in [0.05, 0.1) is 19.7 Å². The predicted molar refractivity (Wildman–Crippen MR) is 99.6 cm³/mol. The molecule has 140 valence electrons. The Bertz CT molecular complexity index is 940. The lowest BCUT2D eigenvalue weighted by atomic mass is 10.4. The van der Waals surface area contributed by atoms with Crippen molar-refractivity contribution in [1.29, 1.82) is 0 Å². The standard InChI is InChI=1S/C17H24N6O3/c1-3-5-8-22-13-14(19-16(22)21-9-6-18-7-10-21)23(11-12-26-4-2)17(25)20-15(13)24/h18H,4,6-12H2,1-2H3,(H,20,24,25). The highest BCUT2D eigenvalue weighted by Crippen LogP contribution is 2.20. The minimum Gasteiger partial charge on any atom is -0.380 e. The first kappa shape index (κ1) is 18.2. The van der Waals surface area contributed by atoms with Crippen LogP contribution in [0, 0.1) is 11.8 Å². The molecule has 9 nitrogen and oxygen atoms in total. The first-order chi connectivity index (χ1) is 12.7. The van der Waals surface area contributed by atoms with E-state index in [9.17, 15) is 9.59 Å². The van der Waals surface area contributed by atoms with Gasteiger partial charge in [-0.05, 0) is 13.8 Å². The fraction of sp³-hybridized carbons (Fsp3) is 0.588. The summed E-state index contributed by atoms with van der Waals surface area (Å²) in [5.74, 6) is 6.53. The van der Waals surface area contributed by atoms with Gasteiger partial charge in [-0.3, -0.25) is 18.9 Å². The molecule has 0 unspecified atom stereocenters. The van der Waals surface area contributed by atoms with E-state index in [-0.39, 0.29) is 0 Å². The molecule has 0 radical (unpaired) electrons. The van der Waals surface area contributed by atoms with Crippen molar-refractivity contribution in [2.75, 3.05) is 44.3 Å². The summed E-state index contributed by atoms with van der Waals surface area (Å²) in [7, 11) is 0. The maximum absolute atomic E-state index is 12.5. The number of imidazole rings is 1. The van der Waals surface area contributed by atoms with Crippen LogP contribution in [0.25, 0.3) is 11.2 Å². The van der Waals surface area contributed by atoms with Crippen molar-refractivity contribution >= 4 is 17.1 Å². The molecule has 2 N–H and O–H groups in total. The Morgan fingerprint density at radius 1 is 1.23 bits per heavy atom. The lowest BCUT2D eigenvalue weighted by Gasteiger charge is -2.28. The van der Waals surface area contributed by atoms with Crippen LogP contribution < -0.4 is 21.5 Å². The molecule has 1 fully saturated rings. The largest absolute Gasteiger partial charge is 0.380 e. The van der Waals surface area contributed by atoms with E-state index in [4.69, 9.17) is 4.74 Å². The molecule has 0 saturated carbocycles. The van der Waals surface area contributed by atoms with Gasteiger partial charge in [0, 0.05) is 32.8 Å². The highest BCUT2D eigenvalue weighted by Gasteiger charge is 2.22. The number of nitrogens with one attached hydrogen (secondary N) is 2. The lowest BCUT2D eigenvalue weighted by molar-refractivity contribution is 0.139. The molecule has 0 aliphatic carbocycles. The number of hydrogen-bond acceptors (Lipinski definition) is 6. The van der Waals surface area contributed by atoms with Crippen molar-refractivity contribution in [2.45, 2.75) is 26.9 Å². The maximum atomic E-state index is 12.5. The van der Waals surface area contributed by atoms with Gasteiger partial charge in [-0.15, -0.1) is 5.92 Å². The molecule has 3 rings (SSSR count). The summed E-state index contributed by atoms with van der Waals surface area (Å²) in [6.45, 7) is 8.52. The highest BCUT2D eigenvalue weighted by molar-refractivity contribution is 5.74. The third-order valence-electron chi connectivity index (χ3n) is 4.34. The molecule has 0 amide bonds. The summed E-state index contributed by atoms with van der Waals surface area (Å²) in [5.41, 5.74) is -0.160. The molecule has 1 aliphatic heterocycles. The van der Waals surface area contributed by atoms with Crippen LogP contribution in [0.2, 0.25) is 0 Å². The quantitative estimate of drug-likeness (QED) is 0.525. The Morgan fingerprint density at radius 2 is 2.00 bits per heavy atom. The van der Waals surface area contributed by atoms with E-state index in [0.717, 1.165) is 26.2 Å². The molecule has 0 spiro atoms. The minimum atomic E-state index is -0.472. The number of piperazine rings is 1. The number of hydrogen-bond donors (Lipinski definition) is 2. The van der Waals surface area contributed by atoms with Gasteiger partial charge in [-0.25, -0.2) is 4.79 Å². The molecule has 2 aromatic heterocycles. The number of nitrogens with zero attached hydrogens (tertiary/aromatic N) is 4. The van der Waals surface area contributed by atoms with Crippen LogP contribution in [0.5, 0.6) is 0 Å². The molecular formula is C17H24N6O3. The van der Waals surface area contributed by atoms with Crippen molar-refractivity contribution in [3.05, 3.63) is 20.8 Å². The molecule has 0 bridgehead atoms. The van der Waals surface area contributed by atoms with Crippen LogP contribution in [-0.2, 0) is 17.8 Å². The summed E-state index contributed by atoms with van der Waals surface area (Å²) in [6, 6.07) is 0. The third-order valence-corrected chi connectivity index (χ3v) is 4.34. The summed E-state index contributed by atoms with van der Waals surface area (Å²) < 4.78 is 8.63. The normalized spacial score (nSPS) is 14.5. The monoisotopic (exact) mass is 360 g/mol. The summed E-state index contributed by atoms with van der Waals surface area (Å²) >= 11 is 0. The molecule has 1 saturated heterocycles. The van der Waals surface area contributed by atoms with Crippen molar-refractivity contribution in [2.24, 2.45) is 0 Å². The number of fused-ring (bicyclic) bond motifs is 1. The number of rotatable bonds is 6. The molecule has 1 aliphatic rings. The molecule has 0 aromatic carbocycles. The molecular weight excluding hydrogens is 336 g/mol. The second-order valence-electron chi connectivity index (χ2n) is 5.94. The molecule has 9 heteroatoms. The van der Waals surface area contributed by atoms with Crippen molar-refractivity contribution < 1.29 is 4.74 Å². The van der Waals surface area contributed by atoms with Gasteiger partial charge >= 0.3 is 5.69 Å². The minimum absolute atomic E-state index is 0.331. The van der Waals surface area contributed by atoms with Crippen LogP contribution >= 0.6 is 0 Å². The maximum Gasteiger partial charge on any atom is 0.330 e. The Morgan fingerprint density at radius 3 is 2.69 bits per heavy atom. The number of aromatic nitrogens is 4. The van der Waals surface area contributed by atoms with E-state index < -0.39 is 11.2 Å². The first-order valence-electron chi connectivity index (χ1n) is 8.83. The lowest BCUT2D eigenvalue weighted by Crippen LogP contribution is -2.44. The summed E-state index contributed by atoms with van der Waals surface area (Å²) in [6.07, 6.45) is 0. The number of ether oxygens (including phenoxy) is 1. The summed E-state index contributed by atoms with van der Waals surface area (Å²) in [5, 5.41) is 3.30. The van der Waals surface area contributed by atoms with E-state index in [0.29, 0.717) is 43.4 Å². The second kappa shape index (κ2) is 8.21. The molecule has 2 aromatic rings. The van der Waals surface area contributed by atoms with E-state index in [2.05, 4.69) is 32.0 Å². The average molecular weight is 360 g/mol. The zero-order chi connectivity index (χ0) is 18.5. The Balaban J connectivity index is 2.17. The fourth-order valence-corrected chi connectivity index (χ4v) is 3.08. The Hall–Kier alpha value is -2.57. The topological polar surface area (TPSA) is 97.2 Å². The van der Waals surface area contributed by atoms with Gasteiger partial charge in [0.15, 0.2) is 11.2 Å². The Labute approximate surface area is 151 Å². The van der Waals surface area contributed by atoms with E-state index in [1.807, 2.05) is 6.92 Å². The van der Waals surface area contributed by atoms with Crippen molar-refractivity contribution in [3.63, 3.8) is 0 Å². The van der Waals surface area contributed by atoms with E-state index in [1.54, 1.807) is 11.5 Å². The Kier molecular flexibility index (Phi) is 5.75. The highest BCUT2D eigenvalue weighted by atomic mass is 16.5. The first-order valence-corrected chi connectivity index (χ1v) is 8.83. The number of H-pyrrole nitrogens is 1. The van der Waals surface area contributed by atoms with Crippen LogP contribution in [-0.4, -0.2) is 58.5 Å². The van der Waals surface area contributed by atoms with Crippen molar-refractivity contribution in [1.82, 2.24) is 24.4 Å². The van der Waals surface area contributed by atoms with Crippen LogP contribution in [0.3, 0.4) is 0 Å². The van der Waals surface area contributed by atoms with Gasteiger partial charge in [-0.1, -0.05) is 5.92 Å². The molecule has 26 heavy (non-hydrogen) atoms. The zero-order valence-electron chi connectivity index (χ0n) is 15.2. The van der Waals surface area contributed by atoms with Gasteiger partial charge < -0.3 is 15.0 Å². The van der Waals surface area contributed by atoms with E-state index in [1.165, 1.54) is 4.57 Å². The molecule has 3 heterocycles. The van der Waals surface area contributed by atoms with Gasteiger partial charge in [0.25, 0.3) is 5.56 Å². The second-order valence-corrected chi connectivity index (χ2v) is 5.94.